The molecular weight excluding hydrogens is 174 g/mol. The molecular formula is C11H19N3. The fourth-order valence-electron chi connectivity index (χ4n) is 2.20. The summed E-state index contributed by atoms with van der Waals surface area (Å²) in [5.74, 6) is 0. The monoisotopic (exact) mass is 193 g/mol. The lowest BCUT2D eigenvalue weighted by Crippen LogP contribution is -2.54. The molecule has 1 fully saturated rings. The van der Waals surface area contributed by atoms with Crippen LogP contribution < -0.4 is 5.73 Å². The van der Waals surface area contributed by atoms with Crippen molar-refractivity contribution in [3.8, 4) is 0 Å². The lowest BCUT2D eigenvalue weighted by atomic mass is 10.1. The Kier molecular flexibility index (Phi) is 2.61. The third kappa shape index (κ3) is 1.99. The van der Waals surface area contributed by atoms with Crippen LogP contribution in [0.25, 0.3) is 0 Å². The van der Waals surface area contributed by atoms with Crippen molar-refractivity contribution in [2.45, 2.75) is 31.8 Å². The molecule has 1 aliphatic rings. The average molecular weight is 193 g/mol. The van der Waals surface area contributed by atoms with E-state index < -0.39 is 0 Å². The van der Waals surface area contributed by atoms with E-state index in [1.807, 2.05) is 12.3 Å². The first kappa shape index (κ1) is 9.74. The highest BCUT2D eigenvalue weighted by Crippen LogP contribution is 2.20. The Balaban J connectivity index is 2.00. The van der Waals surface area contributed by atoms with Crippen LogP contribution in [0.3, 0.4) is 0 Å². The molecule has 0 radical (unpaired) electrons. The molecule has 1 aromatic rings. The number of nitrogens with one attached hydrogen (secondary N) is 1. The SMILES string of the molecule is CC(N)(Cc1ccc[nH]1)N1CCCC1. The first-order chi connectivity index (χ1) is 6.68. The van der Waals surface area contributed by atoms with Gasteiger partial charge in [-0.25, -0.2) is 0 Å². The van der Waals surface area contributed by atoms with Crippen molar-refractivity contribution in [2.75, 3.05) is 13.1 Å². The minimum atomic E-state index is -0.193. The summed E-state index contributed by atoms with van der Waals surface area (Å²) in [6.45, 7) is 4.42. The lowest BCUT2D eigenvalue weighted by Gasteiger charge is -2.34. The Hall–Kier alpha value is -0.800. The number of rotatable bonds is 3. The summed E-state index contributed by atoms with van der Waals surface area (Å²) in [6, 6.07) is 4.12. The molecule has 0 spiro atoms. The molecule has 2 heterocycles. The van der Waals surface area contributed by atoms with Gasteiger partial charge in [0.15, 0.2) is 0 Å². The molecule has 2 rings (SSSR count). The van der Waals surface area contributed by atoms with Gasteiger partial charge in [0.1, 0.15) is 0 Å². The van der Waals surface area contributed by atoms with E-state index in [-0.39, 0.29) is 5.66 Å². The zero-order valence-electron chi connectivity index (χ0n) is 8.79. The van der Waals surface area contributed by atoms with E-state index in [9.17, 15) is 0 Å². The van der Waals surface area contributed by atoms with Crippen molar-refractivity contribution in [3.63, 3.8) is 0 Å². The Labute approximate surface area is 85.3 Å². The average Bonchev–Trinajstić information content (AvgIpc) is 2.71. The maximum atomic E-state index is 6.32. The molecule has 0 aliphatic carbocycles. The summed E-state index contributed by atoms with van der Waals surface area (Å²) in [4.78, 5) is 5.59. The molecule has 1 saturated heterocycles. The smallest absolute Gasteiger partial charge is 0.0713 e. The van der Waals surface area contributed by atoms with Gasteiger partial charge in [0, 0.05) is 18.3 Å². The maximum absolute atomic E-state index is 6.32. The van der Waals surface area contributed by atoms with Gasteiger partial charge in [0.25, 0.3) is 0 Å². The number of nitrogens with zero attached hydrogens (tertiary/aromatic N) is 1. The summed E-state index contributed by atoms with van der Waals surface area (Å²) in [7, 11) is 0. The lowest BCUT2D eigenvalue weighted by molar-refractivity contribution is 0.141. The quantitative estimate of drug-likeness (QED) is 0.760. The Morgan fingerprint density at radius 3 is 2.79 bits per heavy atom. The van der Waals surface area contributed by atoms with Crippen LogP contribution in [-0.2, 0) is 6.42 Å². The second-order valence-corrected chi connectivity index (χ2v) is 4.42. The minimum Gasteiger partial charge on any atom is -0.365 e. The van der Waals surface area contributed by atoms with Crippen molar-refractivity contribution < 1.29 is 0 Å². The molecule has 3 N–H and O–H groups in total. The fraction of sp³-hybridized carbons (Fsp3) is 0.636. The van der Waals surface area contributed by atoms with E-state index in [4.69, 9.17) is 5.73 Å². The van der Waals surface area contributed by atoms with Crippen molar-refractivity contribution in [2.24, 2.45) is 5.73 Å². The van der Waals surface area contributed by atoms with E-state index in [1.165, 1.54) is 18.5 Å². The number of aromatic amines is 1. The Morgan fingerprint density at radius 2 is 2.21 bits per heavy atom. The summed E-state index contributed by atoms with van der Waals surface area (Å²) in [5.41, 5.74) is 7.35. The number of aromatic nitrogens is 1. The predicted molar refractivity (Wildman–Crippen MR) is 57.9 cm³/mol. The second-order valence-electron chi connectivity index (χ2n) is 4.42. The van der Waals surface area contributed by atoms with E-state index in [0.717, 1.165) is 19.5 Å². The number of H-pyrrole nitrogens is 1. The zero-order chi connectivity index (χ0) is 10.0. The molecule has 1 unspecified atom stereocenters. The van der Waals surface area contributed by atoms with Gasteiger partial charge >= 0.3 is 0 Å². The summed E-state index contributed by atoms with van der Waals surface area (Å²) in [5, 5.41) is 0. The summed E-state index contributed by atoms with van der Waals surface area (Å²) in [6.07, 6.45) is 5.43. The molecule has 1 aromatic heterocycles. The maximum Gasteiger partial charge on any atom is 0.0713 e. The van der Waals surface area contributed by atoms with Crippen LogP contribution in [0.2, 0.25) is 0 Å². The summed E-state index contributed by atoms with van der Waals surface area (Å²) >= 11 is 0. The number of likely N-dealkylation sites (tertiary alicyclic amines) is 1. The second kappa shape index (κ2) is 3.75. The van der Waals surface area contributed by atoms with E-state index in [1.54, 1.807) is 0 Å². The summed E-state index contributed by atoms with van der Waals surface area (Å²) < 4.78 is 0. The van der Waals surface area contributed by atoms with Crippen LogP contribution in [-0.4, -0.2) is 28.6 Å². The molecule has 0 bridgehead atoms. The molecule has 78 valence electrons. The molecule has 1 aliphatic heterocycles. The van der Waals surface area contributed by atoms with Gasteiger partial charge < -0.3 is 10.7 Å². The largest absolute Gasteiger partial charge is 0.365 e. The van der Waals surface area contributed by atoms with Gasteiger partial charge in [-0.15, -0.1) is 0 Å². The van der Waals surface area contributed by atoms with E-state index in [2.05, 4.69) is 22.9 Å². The first-order valence-electron chi connectivity index (χ1n) is 5.35. The van der Waals surface area contributed by atoms with Crippen molar-refractivity contribution in [1.82, 2.24) is 9.88 Å². The molecule has 1 atom stereocenters. The third-order valence-corrected chi connectivity index (χ3v) is 3.04. The molecule has 0 aromatic carbocycles. The highest BCUT2D eigenvalue weighted by atomic mass is 15.3. The Bertz CT molecular complexity index is 271. The number of nitrogens with two attached hydrogens (primary N) is 1. The highest BCUT2D eigenvalue weighted by Gasteiger charge is 2.29. The van der Waals surface area contributed by atoms with E-state index >= 15 is 0 Å². The molecule has 0 saturated carbocycles. The first-order valence-corrected chi connectivity index (χ1v) is 5.35. The van der Waals surface area contributed by atoms with Crippen LogP contribution in [0.4, 0.5) is 0 Å². The normalized spacial score (nSPS) is 22.4. The molecule has 3 nitrogen and oxygen atoms in total. The fourth-order valence-corrected chi connectivity index (χ4v) is 2.20. The highest BCUT2D eigenvalue weighted by molar-refractivity contribution is 5.07. The van der Waals surface area contributed by atoms with E-state index in [0.29, 0.717) is 0 Å². The van der Waals surface area contributed by atoms with Gasteiger partial charge in [-0.3, -0.25) is 4.90 Å². The zero-order valence-corrected chi connectivity index (χ0v) is 8.79. The topological polar surface area (TPSA) is 45.1 Å². The van der Waals surface area contributed by atoms with Gasteiger partial charge in [-0.2, -0.15) is 0 Å². The van der Waals surface area contributed by atoms with Crippen LogP contribution >= 0.6 is 0 Å². The Morgan fingerprint density at radius 1 is 1.50 bits per heavy atom. The van der Waals surface area contributed by atoms with Crippen molar-refractivity contribution >= 4 is 0 Å². The van der Waals surface area contributed by atoms with Gasteiger partial charge in [-0.1, -0.05) is 0 Å². The standard InChI is InChI=1S/C11H19N3/c1-11(12,14-7-2-3-8-14)9-10-5-4-6-13-10/h4-6,13H,2-3,7-9,12H2,1H3. The molecule has 0 amide bonds. The van der Waals surface area contributed by atoms with Gasteiger partial charge in [0.2, 0.25) is 0 Å². The molecule has 14 heavy (non-hydrogen) atoms. The van der Waals surface area contributed by atoms with Crippen LogP contribution in [0.15, 0.2) is 18.3 Å². The number of hydrogen-bond acceptors (Lipinski definition) is 2. The minimum absolute atomic E-state index is 0.193. The van der Waals surface area contributed by atoms with Crippen LogP contribution in [0.1, 0.15) is 25.5 Å². The number of hydrogen-bond donors (Lipinski definition) is 2. The van der Waals surface area contributed by atoms with Crippen LogP contribution in [0, 0.1) is 0 Å². The third-order valence-electron chi connectivity index (χ3n) is 3.04. The van der Waals surface area contributed by atoms with Gasteiger partial charge in [0.05, 0.1) is 5.66 Å². The van der Waals surface area contributed by atoms with Crippen LogP contribution in [0.5, 0.6) is 0 Å². The van der Waals surface area contributed by atoms with Crippen molar-refractivity contribution in [3.05, 3.63) is 24.0 Å². The van der Waals surface area contributed by atoms with Gasteiger partial charge in [-0.05, 0) is 45.0 Å². The van der Waals surface area contributed by atoms with Crippen molar-refractivity contribution in [1.29, 1.82) is 0 Å². The predicted octanol–water partition coefficient (Wildman–Crippen LogP) is 1.33. The molecule has 3 heteroatoms.